The highest BCUT2D eigenvalue weighted by atomic mass is 16.5. The minimum atomic E-state index is 0.399. The van der Waals surface area contributed by atoms with Crippen LogP contribution < -0.4 is 10.5 Å². The molecule has 1 fully saturated rings. The molecule has 112 valence electrons. The second-order valence-corrected chi connectivity index (χ2v) is 5.16. The quantitative estimate of drug-likeness (QED) is 0.765. The summed E-state index contributed by atoms with van der Waals surface area (Å²) in [5.41, 5.74) is 6.53. The van der Waals surface area contributed by atoms with Gasteiger partial charge in [0.1, 0.15) is 0 Å². The second-order valence-electron chi connectivity index (χ2n) is 5.16. The van der Waals surface area contributed by atoms with E-state index >= 15 is 0 Å². The number of piperidine rings is 1. The van der Waals surface area contributed by atoms with E-state index in [0.717, 1.165) is 51.2 Å². The van der Waals surface area contributed by atoms with Crippen LogP contribution >= 0.6 is 0 Å². The molecule has 1 saturated heterocycles. The number of nitrogens with two attached hydrogens (primary N) is 1. The lowest BCUT2D eigenvalue weighted by Gasteiger charge is -2.31. The second kappa shape index (κ2) is 8.19. The largest absolute Gasteiger partial charge is 0.481 e. The normalized spacial score (nSPS) is 17.3. The third-order valence-electron chi connectivity index (χ3n) is 3.61. The Hall–Kier alpha value is -1.17. The average molecular weight is 279 g/mol. The van der Waals surface area contributed by atoms with E-state index in [-0.39, 0.29) is 0 Å². The highest BCUT2D eigenvalue weighted by Crippen LogP contribution is 2.16. The lowest BCUT2D eigenvalue weighted by molar-refractivity contribution is 0.00538. The van der Waals surface area contributed by atoms with E-state index in [9.17, 15) is 0 Å². The molecule has 0 unspecified atom stereocenters. The first-order valence-electron chi connectivity index (χ1n) is 7.35. The molecule has 0 spiro atoms. The minimum absolute atomic E-state index is 0.399. The molecule has 1 aromatic rings. The molecule has 20 heavy (non-hydrogen) atoms. The fourth-order valence-electron chi connectivity index (χ4n) is 2.46. The van der Waals surface area contributed by atoms with Crippen molar-refractivity contribution in [3.63, 3.8) is 0 Å². The van der Waals surface area contributed by atoms with E-state index < -0.39 is 0 Å². The minimum Gasteiger partial charge on any atom is -0.481 e. The molecule has 0 aliphatic carbocycles. The van der Waals surface area contributed by atoms with Gasteiger partial charge in [0, 0.05) is 32.3 Å². The number of ether oxygens (including phenoxy) is 2. The van der Waals surface area contributed by atoms with Gasteiger partial charge in [0.15, 0.2) is 0 Å². The Kier molecular flexibility index (Phi) is 6.24. The molecule has 2 N–H and O–H groups in total. The van der Waals surface area contributed by atoms with Crippen molar-refractivity contribution in [3.8, 4) is 5.88 Å². The third-order valence-corrected chi connectivity index (χ3v) is 3.61. The SMILES string of the molecule is COc1cccc(CN2CCC(OCCCN)CC2)n1. The first-order valence-corrected chi connectivity index (χ1v) is 7.35. The van der Waals surface area contributed by atoms with Crippen LogP contribution in [0.25, 0.3) is 0 Å². The summed E-state index contributed by atoms with van der Waals surface area (Å²) in [4.78, 5) is 6.88. The van der Waals surface area contributed by atoms with Crippen LogP contribution in [0.3, 0.4) is 0 Å². The first-order chi connectivity index (χ1) is 9.81. The Labute approximate surface area is 121 Å². The van der Waals surface area contributed by atoms with Crippen molar-refractivity contribution in [2.75, 3.05) is 33.4 Å². The Balaban J connectivity index is 1.73. The van der Waals surface area contributed by atoms with Gasteiger partial charge < -0.3 is 15.2 Å². The van der Waals surface area contributed by atoms with E-state index in [1.807, 2.05) is 18.2 Å². The molecule has 2 heterocycles. The van der Waals surface area contributed by atoms with Crippen LogP contribution in [0.1, 0.15) is 25.0 Å². The van der Waals surface area contributed by atoms with Gasteiger partial charge in [-0.05, 0) is 31.9 Å². The first kappa shape index (κ1) is 15.2. The summed E-state index contributed by atoms with van der Waals surface area (Å²) < 4.78 is 11.0. The van der Waals surface area contributed by atoms with Crippen molar-refractivity contribution in [2.45, 2.75) is 31.9 Å². The molecule has 0 saturated carbocycles. The molecule has 0 bridgehead atoms. The van der Waals surface area contributed by atoms with Crippen LogP contribution in [-0.4, -0.2) is 49.3 Å². The maximum absolute atomic E-state index is 5.82. The summed E-state index contributed by atoms with van der Waals surface area (Å²) in [5.74, 6) is 0.683. The average Bonchev–Trinajstić information content (AvgIpc) is 2.49. The maximum atomic E-state index is 5.82. The van der Waals surface area contributed by atoms with E-state index in [0.29, 0.717) is 18.5 Å². The van der Waals surface area contributed by atoms with Crippen molar-refractivity contribution in [1.82, 2.24) is 9.88 Å². The van der Waals surface area contributed by atoms with Gasteiger partial charge >= 0.3 is 0 Å². The lowest BCUT2D eigenvalue weighted by atomic mass is 10.1. The molecule has 1 aliphatic heterocycles. The molecular weight excluding hydrogens is 254 g/mol. The molecular formula is C15H25N3O2. The number of pyridine rings is 1. The molecule has 0 aromatic carbocycles. The van der Waals surface area contributed by atoms with Gasteiger partial charge in [-0.3, -0.25) is 4.90 Å². The lowest BCUT2D eigenvalue weighted by Crippen LogP contribution is -2.37. The van der Waals surface area contributed by atoms with Gasteiger partial charge in [-0.1, -0.05) is 6.07 Å². The summed E-state index contributed by atoms with van der Waals surface area (Å²) >= 11 is 0. The van der Waals surface area contributed by atoms with Crippen LogP contribution in [-0.2, 0) is 11.3 Å². The monoisotopic (exact) mass is 279 g/mol. The standard InChI is InChI=1S/C15H25N3O2/c1-19-15-5-2-4-13(17-15)12-18-9-6-14(7-10-18)20-11-3-8-16/h2,4-5,14H,3,6-12,16H2,1H3. The molecule has 5 heteroatoms. The van der Waals surface area contributed by atoms with E-state index in [1.54, 1.807) is 7.11 Å². The summed E-state index contributed by atoms with van der Waals surface area (Å²) in [6, 6.07) is 5.91. The Morgan fingerprint density at radius 2 is 2.15 bits per heavy atom. The summed E-state index contributed by atoms with van der Waals surface area (Å²) in [5, 5.41) is 0. The zero-order valence-corrected chi connectivity index (χ0v) is 12.3. The molecule has 1 aliphatic rings. The van der Waals surface area contributed by atoms with Crippen LogP contribution in [0.2, 0.25) is 0 Å². The predicted octanol–water partition coefficient (Wildman–Crippen LogP) is 1.42. The molecule has 0 amide bonds. The summed E-state index contributed by atoms with van der Waals surface area (Å²) in [6.07, 6.45) is 3.54. The number of nitrogens with zero attached hydrogens (tertiary/aromatic N) is 2. The number of methoxy groups -OCH3 is 1. The summed E-state index contributed by atoms with van der Waals surface area (Å²) in [7, 11) is 1.65. The van der Waals surface area contributed by atoms with E-state index in [4.69, 9.17) is 15.2 Å². The Bertz CT molecular complexity index is 392. The molecule has 0 atom stereocenters. The van der Waals surface area contributed by atoms with Crippen LogP contribution in [0.5, 0.6) is 5.88 Å². The van der Waals surface area contributed by atoms with Crippen molar-refractivity contribution in [3.05, 3.63) is 23.9 Å². The molecule has 2 rings (SSSR count). The Morgan fingerprint density at radius 3 is 2.85 bits per heavy atom. The van der Waals surface area contributed by atoms with Gasteiger partial charge in [0.05, 0.1) is 18.9 Å². The van der Waals surface area contributed by atoms with Crippen LogP contribution in [0.15, 0.2) is 18.2 Å². The summed E-state index contributed by atoms with van der Waals surface area (Å²) in [6.45, 7) is 4.50. The topological polar surface area (TPSA) is 60.6 Å². The zero-order chi connectivity index (χ0) is 14.2. The number of hydrogen-bond donors (Lipinski definition) is 1. The number of likely N-dealkylation sites (tertiary alicyclic amines) is 1. The number of rotatable bonds is 7. The Morgan fingerprint density at radius 1 is 1.35 bits per heavy atom. The zero-order valence-electron chi connectivity index (χ0n) is 12.3. The fraction of sp³-hybridized carbons (Fsp3) is 0.667. The maximum Gasteiger partial charge on any atom is 0.213 e. The van der Waals surface area contributed by atoms with Gasteiger partial charge in [-0.25, -0.2) is 4.98 Å². The fourth-order valence-corrected chi connectivity index (χ4v) is 2.46. The van der Waals surface area contributed by atoms with E-state index in [1.165, 1.54) is 0 Å². The number of hydrogen-bond acceptors (Lipinski definition) is 5. The van der Waals surface area contributed by atoms with Gasteiger partial charge in [-0.2, -0.15) is 0 Å². The van der Waals surface area contributed by atoms with Crippen LogP contribution in [0, 0.1) is 0 Å². The highest BCUT2D eigenvalue weighted by molar-refractivity contribution is 5.15. The van der Waals surface area contributed by atoms with Gasteiger partial charge in [-0.15, -0.1) is 0 Å². The van der Waals surface area contributed by atoms with Crippen molar-refractivity contribution < 1.29 is 9.47 Å². The third kappa shape index (κ3) is 4.74. The van der Waals surface area contributed by atoms with Crippen molar-refractivity contribution in [2.24, 2.45) is 5.73 Å². The molecule has 5 nitrogen and oxygen atoms in total. The van der Waals surface area contributed by atoms with Crippen molar-refractivity contribution in [1.29, 1.82) is 0 Å². The van der Waals surface area contributed by atoms with Crippen molar-refractivity contribution >= 4 is 0 Å². The van der Waals surface area contributed by atoms with E-state index in [2.05, 4.69) is 9.88 Å². The highest BCUT2D eigenvalue weighted by Gasteiger charge is 2.19. The van der Waals surface area contributed by atoms with Gasteiger partial charge in [0.25, 0.3) is 0 Å². The van der Waals surface area contributed by atoms with Crippen LogP contribution in [0.4, 0.5) is 0 Å². The molecule has 1 aromatic heterocycles. The molecule has 0 radical (unpaired) electrons. The predicted molar refractivity (Wildman–Crippen MR) is 78.7 cm³/mol. The number of aromatic nitrogens is 1. The smallest absolute Gasteiger partial charge is 0.213 e. The van der Waals surface area contributed by atoms with Gasteiger partial charge in [0.2, 0.25) is 5.88 Å².